The van der Waals surface area contributed by atoms with Crippen LogP contribution in [0.5, 0.6) is 5.75 Å². The third-order valence-electron chi connectivity index (χ3n) is 3.49. The molecule has 0 amide bonds. The minimum absolute atomic E-state index is 0.213. The third kappa shape index (κ3) is 4.14. The first kappa shape index (κ1) is 14.7. The molecular formula is C16H23N3O. The molecule has 1 aromatic rings. The SMILES string of the molecule is CC(C)Oc1ccc(N2CCN(CCC#N)CC2)cc1. The normalized spacial score (nSPS) is 16.2. The second-order valence-corrected chi connectivity index (χ2v) is 5.40. The molecule has 4 heteroatoms. The van der Waals surface area contributed by atoms with Crippen molar-refractivity contribution >= 4 is 5.69 Å². The Morgan fingerprint density at radius 1 is 1.15 bits per heavy atom. The molecule has 0 aliphatic carbocycles. The van der Waals surface area contributed by atoms with Crippen molar-refractivity contribution in [3.05, 3.63) is 24.3 Å². The summed E-state index contributed by atoms with van der Waals surface area (Å²) in [6, 6.07) is 10.5. The summed E-state index contributed by atoms with van der Waals surface area (Å²) in [5, 5.41) is 8.62. The summed E-state index contributed by atoms with van der Waals surface area (Å²) in [5.74, 6) is 0.927. The molecule has 1 aliphatic heterocycles. The molecule has 0 N–H and O–H groups in total. The van der Waals surface area contributed by atoms with Gasteiger partial charge in [-0.3, -0.25) is 4.90 Å². The van der Waals surface area contributed by atoms with E-state index in [4.69, 9.17) is 10.00 Å². The van der Waals surface area contributed by atoms with Crippen molar-refractivity contribution in [1.82, 2.24) is 4.90 Å². The molecule has 1 heterocycles. The largest absolute Gasteiger partial charge is 0.491 e. The Morgan fingerprint density at radius 3 is 2.35 bits per heavy atom. The van der Waals surface area contributed by atoms with Crippen LogP contribution in [-0.2, 0) is 0 Å². The number of piperazine rings is 1. The van der Waals surface area contributed by atoms with Gasteiger partial charge in [0.1, 0.15) is 5.75 Å². The lowest BCUT2D eigenvalue weighted by Gasteiger charge is -2.35. The molecule has 0 unspecified atom stereocenters. The molecule has 0 spiro atoms. The smallest absolute Gasteiger partial charge is 0.119 e. The fraction of sp³-hybridized carbons (Fsp3) is 0.562. The first-order valence-electron chi connectivity index (χ1n) is 7.30. The van der Waals surface area contributed by atoms with E-state index >= 15 is 0 Å². The molecule has 20 heavy (non-hydrogen) atoms. The van der Waals surface area contributed by atoms with Gasteiger partial charge < -0.3 is 9.64 Å². The van der Waals surface area contributed by atoms with Crippen LogP contribution in [0.2, 0.25) is 0 Å². The highest BCUT2D eigenvalue weighted by molar-refractivity contribution is 5.49. The molecule has 0 aromatic heterocycles. The molecule has 0 bridgehead atoms. The van der Waals surface area contributed by atoms with Crippen LogP contribution in [0.15, 0.2) is 24.3 Å². The second kappa shape index (κ2) is 7.16. The zero-order valence-corrected chi connectivity index (χ0v) is 12.4. The van der Waals surface area contributed by atoms with E-state index in [0.29, 0.717) is 6.42 Å². The van der Waals surface area contributed by atoms with Crippen LogP contribution >= 0.6 is 0 Å². The Kier molecular flexibility index (Phi) is 5.25. The van der Waals surface area contributed by atoms with Crippen LogP contribution in [-0.4, -0.2) is 43.7 Å². The van der Waals surface area contributed by atoms with Gasteiger partial charge in [0.2, 0.25) is 0 Å². The van der Waals surface area contributed by atoms with Crippen molar-refractivity contribution in [3.63, 3.8) is 0 Å². The van der Waals surface area contributed by atoms with E-state index in [0.717, 1.165) is 38.5 Å². The molecule has 1 saturated heterocycles. The maximum Gasteiger partial charge on any atom is 0.119 e. The lowest BCUT2D eigenvalue weighted by atomic mass is 10.2. The Labute approximate surface area is 121 Å². The van der Waals surface area contributed by atoms with Crippen molar-refractivity contribution in [2.45, 2.75) is 26.4 Å². The predicted octanol–water partition coefficient (Wildman–Crippen LogP) is 2.51. The number of hydrogen-bond acceptors (Lipinski definition) is 4. The van der Waals surface area contributed by atoms with E-state index in [1.807, 2.05) is 26.0 Å². The number of anilines is 1. The quantitative estimate of drug-likeness (QED) is 0.826. The minimum Gasteiger partial charge on any atom is -0.491 e. The molecule has 0 atom stereocenters. The van der Waals surface area contributed by atoms with Crippen LogP contribution in [0.1, 0.15) is 20.3 Å². The molecule has 0 radical (unpaired) electrons. The second-order valence-electron chi connectivity index (χ2n) is 5.40. The summed E-state index contributed by atoms with van der Waals surface area (Å²) in [6.07, 6.45) is 0.839. The van der Waals surface area contributed by atoms with Crippen LogP contribution in [0.4, 0.5) is 5.69 Å². The van der Waals surface area contributed by atoms with E-state index in [1.54, 1.807) is 0 Å². The number of benzene rings is 1. The third-order valence-corrected chi connectivity index (χ3v) is 3.49. The Bertz CT molecular complexity index is 442. The van der Waals surface area contributed by atoms with E-state index in [2.05, 4.69) is 28.0 Å². The van der Waals surface area contributed by atoms with E-state index < -0.39 is 0 Å². The van der Waals surface area contributed by atoms with E-state index in [1.165, 1.54) is 5.69 Å². The van der Waals surface area contributed by atoms with Crippen molar-refractivity contribution in [1.29, 1.82) is 5.26 Å². The van der Waals surface area contributed by atoms with Crippen molar-refractivity contribution in [2.24, 2.45) is 0 Å². The Balaban J connectivity index is 1.86. The molecular weight excluding hydrogens is 250 g/mol. The fourth-order valence-electron chi connectivity index (χ4n) is 2.45. The zero-order valence-electron chi connectivity index (χ0n) is 12.4. The number of nitrogens with zero attached hydrogens (tertiary/aromatic N) is 3. The molecule has 0 saturated carbocycles. The molecule has 2 rings (SSSR count). The minimum atomic E-state index is 0.213. The van der Waals surface area contributed by atoms with Crippen molar-refractivity contribution in [2.75, 3.05) is 37.6 Å². The summed E-state index contributed by atoms with van der Waals surface area (Å²) < 4.78 is 5.66. The molecule has 1 aliphatic rings. The number of hydrogen-bond donors (Lipinski definition) is 0. The van der Waals surface area contributed by atoms with E-state index in [-0.39, 0.29) is 6.10 Å². The number of rotatable bonds is 5. The average molecular weight is 273 g/mol. The van der Waals surface area contributed by atoms with Gasteiger partial charge in [-0.25, -0.2) is 0 Å². The first-order valence-corrected chi connectivity index (χ1v) is 7.30. The molecule has 1 aromatic carbocycles. The van der Waals surface area contributed by atoms with Crippen molar-refractivity contribution in [3.8, 4) is 11.8 Å². The average Bonchev–Trinajstić information content (AvgIpc) is 2.46. The van der Waals surface area contributed by atoms with Gasteiger partial charge in [-0.15, -0.1) is 0 Å². The van der Waals surface area contributed by atoms with E-state index in [9.17, 15) is 0 Å². The van der Waals surface area contributed by atoms with Gasteiger partial charge in [0.25, 0.3) is 0 Å². The highest BCUT2D eigenvalue weighted by Gasteiger charge is 2.16. The maximum atomic E-state index is 8.62. The van der Waals surface area contributed by atoms with Gasteiger partial charge in [-0.1, -0.05) is 0 Å². The summed E-state index contributed by atoms with van der Waals surface area (Å²) in [6.45, 7) is 9.08. The standard InChI is InChI=1S/C16H23N3O/c1-14(2)20-16-6-4-15(5-7-16)19-12-10-18(11-13-19)9-3-8-17/h4-7,14H,3,9-13H2,1-2H3. The number of nitriles is 1. The molecule has 1 fully saturated rings. The predicted molar refractivity (Wildman–Crippen MR) is 81.1 cm³/mol. The van der Waals surface area contributed by atoms with Gasteiger partial charge in [0.05, 0.1) is 12.2 Å². The summed E-state index contributed by atoms with van der Waals surface area (Å²) in [4.78, 5) is 4.75. The Hall–Kier alpha value is -1.73. The lowest BCUT2D eigenvalue weighted by Crippen LogP contribution is -2.46. The first-order chi connectivity index (χ1) is 9.69. The highest BCUT2D eigenvalue weighted by Crippen LogP contribution is 2.21. The van der Waals surface area contributed by atoms with Gasteiger partial charge in [0.15, 0.2) is 0 Å². The van der Waals surface area contributed by atoms with Crippen LogP contribution < -0.4 is 9.64 Å². The van der Waals surface area contributed by atoms with Crippen LogP contribution in [0.3, 0.4) is 0 Å². The monoisotopic (exact) mass is 273 g/mol. The summed E-state index contributed by atoms with van der Waals surface area (Å²) >= 11 is 0. The van der Waals surface area contributed by atoms with Crippen LogP contribution in [0, 0.1) is 11.3 Å². The maximum absolute atomic E-state index is 8.62. The van der Waals surface area contributed by atoms with Gasteiger partial charge >= 0.3 is 0 Å². The molecule has 4 nitrogen and oxygen atoms in total. The topological polar surface area (TPSA) is 39.5 Å². The lowest BCUT2D eigenvalue weighted by molar-refractivity contribution is 0.242. The van der Waals surface area contributed by atoms with Crippen molar-refractivity contribution < 1.29 is 4.74 Å². The Morgan fingerprint density at radius 2 is 1.80 bits per heavy atom. The fourth-order valence-corrected chi connectivity index (χ4v) is 2.45. The van der Waals surface area contributed by atoms with Crippen LogP contribution in [0.25, 0.3) is 0 Å². The number of ether oxygens (including phenoxy) is 1. The molecule has 108 valence electrons. The summed E-state index contributed by atoms with van der Waals surface area (Å²) in [7, 11) is 0. The highest BCUT2D eigenvalue weighted by atomic mass is 16.5. The van der Waals surface area contributed by atoms with Gasteiger partial charge in [0, 0.05) is 44.8 Å². The van der Waals surface area contributed by atoms with Gasteiger partial charge in [-0.05, 0) is 38.1 Å². The zero-order chi connectivity index (χ0) is 14.4. The van der Waals surface area contributed by atoms with Gasteiger partial charge in [-0.2, -0.15) is 5.26 Å². The summed E-state index contributed by atoms with van der Waals surface area (Å²) in [5.41, 5.74) is 1.25.